The Labute approximate surface area is 129 Å². The largest absolute Gasteiger partial charge is 0.314 e. The lowest BCUT2D eigenvalue weighted by atomic mass is 9.90. The second-order valence-corrected chi connectivity index (χ2v) is 6.80. The number of fused-ring (bicyclic) bond motifs is 1. The van der Waals surface area contributed by atoms with Crippen LogP contribution in [-0.2, 0) is 13.0 Å². The summed E-state index contributed by atoms with van der Waals surface area (Å²) in [5.41, 5.74) is 3.15. The van der Waals surface area contributed by atoms with Crippen LogP contribution in [0.15, 0.2) is 24.3 Å². The van der Waals surface area contributed by atoms with E-state index >= 15 is 0 Å². The quantitative estimate of drug-likeness (QED) is 0.907. The molecule has 0 saturated heterocycles. The fraction of sp³-hybridized carbons (Fsp3) is 0.684. The third-order valence-electron chi connectivity index (χ3n) is 5.28. The number of hydrogen-bond acceptors (Lipinski definition) is 2. The molecule has 21 heavy (non-hydrogen) atoms. The van der Waals surface area contributed by atoms with Crippen molar-refractivity contribution in [3.63, 3.8) is 0 Å². The maximum atomic E-state index is 3.70. The summed E-state index contributed by atoms with van der Waals surface area (Å²) in [7, 11) is 0. The van der Waals surface area contributed by atoms with Crippen LogP contribution in [0.25, 0.3) is 0 Å². The van der Waals surface area contributed by atoms with Gasteiger partial charge in [0.15, 0.2) is 0 Å². The number of rotatable bonds is 4. The first-order chi connectivity index (χ1) is 10.4. The number of hydrogen-bond donors (Lipinski definition) is 1. The molecule has 0 unspecified atom stereocenters. The van der Waals surface area contributed by atoms with Crippen LogP contribution < -0.4 is 5.32 Å². The highest BCUT2D eigenvalue weighted by molar-refractivity contribution is 5.28. The zero-order valence-electron chi connectivity index (χ0n) is 13.5. The standard InChI is InChI=1S/C19H30N2/c1-2-13-20-18-9-11-19(12-10-18)21-14-5-8-16-6-3-4-7-17(16)15-21/h3-4,6-7,18-20H,2,5,8-15H2,1H3. The minimum absolute atomic E-state index is 0.778. The molecule has 1 saturated carbocycles. The molecule has 0 radical (unpaired) electrons. The van der Waals surface area contributed by atoms with Gasteiger partial charge in [0.1, 0.15) is 0 Å². The first-order valence-electron chi connectivity index (χ1n) is 8.91. The Morgan fingerprint density at radius 3 is 2.62 bits per heavy atom. The molecule has 3 rings (SSSR count). The summed E-state index contributed by atoms with van der Waals surface area (Å²) in [5.74, 6) is 0. The van der Waals surface area contributed by atoms with E-state index in [9.17, 15) is 0 Å². The minimum Gasteiger partial charge on any atom is -0.314 e. The van der Waals surface area contributed by atoms with Crippen molar-refractivity contribution in [1.29, 1.82) is 0 Å². The summed E-state index contributed by atoms with van der Waals surface area (Å²) >= 11 is 0. The van der Waals surface area contributed by atoms with Gasteiger partial charge in [-0.1, -0.05) is 31.2 Å². The van der Waals surface area contributed by atoms with E-state index in [1.807, 2.05) is 0 Å². The van der Waals surface area contributed by atoms with Gasteiger partial charge in [0.25, 0.3) is 0 Å². The SMILES string of the molecule is CCCNC1CCC(N2CCCc3ccccc3C2)CC1. The van der Waals surface area contributed by atoms with Gasteiger partial charge in [-0.05, 0) is 69.2 Å². The van der Waals surface area contributed by atoms with Crippen LogP contribution >= 0.6 is 0 Å². The Balaban J connectivity index is 1.56. The summed E-state index contributed by atoms with van der Waals surface area (Å²) in [6, 6.07) is 10.6. The van der Waals surface area contributed by atoms with E-state index in [2.05, 4.69) is 41.4 Å². The average Bonchev–Trinajstić information content (AvgIpc) is 2.75. The first kappa shape index (κ1) is 15.1. The minimum atomic E-state index is 0.778. The monoisotopic (exact) mass is 286 g/mol. The zero-order valence-corrected chi connectivity index (χ0v) is 13.5. The molecule has 1 heterocycles. The van der Waals surface area contributed by atoms with Crippen LogP contribution in [0.3, 0.4) is 0 Å². The van der Waals surface area contributed by atoms with Gasteiger partial charge in [0.2, 0.25) is 0 Å². The van der Waals surface area contributed by atoms with Gasteiger partial charge in [0.05, 0.1) is 0 Å². The number of nitrogens with one attached hydrogen (secondary N) is 1. The van der Waals surface area contributed by atoms with Crippen molar-refractivity contribution >= 4 is 0 Å². The molecule has 2 nitrogen and oxygen atoms in total. The van der Waals surface area contributed by atoms with Gasteiger partial charge >= 0.3 is 0 Å². The number of aryl methyl sites for hydroxylation is 1. The number of benzene rings is 1. The molecule has 0 amide bonds. The summed E-state index contributed by atoms with van der Waals surface area (Å²) in [6.07, 6.45) is 9.33. The van der Waals surface area contributed by atoms with Crippen molar-refractivity contribution in [2.24, 2.45) is 0 Å². The highest BCUT2D eigenvalue weighted by atomic mass is 15.2. The van der Waals surface area contributed by atoms with Crippen LogP contribution in [0, 0.1) is 0 Å². The van der Waals surface area contributed by atoms with E-state index < -0.39 is 0 Å². The van der Waals surface area contributed by atoms with Crippen LogP contribution in [0.1, 0.15) is 56.6 Å². The van der Waals surface area contributed by atoms with Crippen molar-refractivity contribution in [3.8, 4) is 0 Å². The molecule has 1 fully saturated rings. The molecule has 2 heteroatoms. The lowest BCUT2D eigenvalue weighted by Crippen LogP contribution is -2.42. The average molecular weight is 286 g/mol. The fourth-order valence-electron chi connectivity index (χ4n) is 4.03. The van der Waals surface area contributed by atoms with E-state index in [0.717, 1.165) is 12.1 Å². The molecule has 116 valence electrons. The predicted molar refractivity (Wildman–Crippen MR) is 89.5 cm³/mol. The maximum Gasteiger partial charge on any atom is 0.0239 e. The van der Waals surface area contributed by atoms with Crippen molar-refractivity contribution in [1.82, 2.24) is 10.2 Å². The van der Waals surface area contributed by atoms with E-state index in [0.29, 0.717) is 0 Å². The predicted octanol–water partition coefficient (Wildman–Crippen LogP) is 3.75. The van der Waals surface area contributed by atoms with Gasteiger partial charge in [-0.25, -0.2) is 0 Å². The first-order valence-corrected chi connectivity index (χ1v) is 8.91. The van der Waals surface area contributed by atoms with Crippen molar-refractivity contribution in [2.45, 2.75) is 70.5 Å². The summed E-state index contributed by atoms with van der Waals surface area (Å²) in [4.78, 5) is 2.77. The van der Waals surface area contributed by atoms with Crippen molar-refractivity contribution in [3.05, 3.63) is 35.4 Å². The molecule has 0 spiro atoms. The third-order valence-corrected chi connectivity index (χ3v) is 5.28. The highest BCUT2D eigenvalue weighted by Gasteiger charge is 2.26. The molecular weight excluding hydrogens is 256 g/mol. The second-order valence-electron chi connectivity index (χ2n) is 6.80. The molecule has 0 bridgehead atoms. The van der Waals surface area contributed by atoms with Crippen molar-refractivity contribution < 1.29 is 0 Å². The van der Waals surface area contributed by atoms with E-state index in [4.69, 9.17) is 0 Å². The van der Waals surface area contributed by atoms with Crippen LogP contribution in [0.4, 0.5) is 0 Å². The molecule has 1 aromatic carbocycles. The Bertz CT molecular complexity index is 435. The van der Waals surface area contributed by atoms with Crippen molar-refractivity contribution in [2.75, 3.05) is 13.1 Å². The molecule has 0 aromatic heterocycles. The van der Waals surface area contributed by atoms with Crippen LogP contribution in [-0.4, -0.2) is 30.1 Å². The van der Waals surface area contributed by atoms with Gasteiger partial charge in [-0.3, -0.25) is 4.90 Å². The second kappa shape index (κ2) is 7.42. The smallest absolute Gasteiger partial charge is 0.0239 e. The molecule has 1 aliphatic carbocycles. The van der Waals surface area contributed by atoms with Gasteiger partial charge in [-0.15, -0.1) is 0 Å². The Morgan fingerprint density at radius 1 is 1.10 bits per heavy atom. The molecule has 1 N–H and O–H groups in total. The van der Waals surface area contributed by atoms with Gasteiger partial charge in [-0.2, -0.15) is 0 Å². The molecule has 1 aliphatic heterocycles. The van der Waals surface area contributed by atoms with Crippen LogP contribution in [0.2, 0.25) is 0 Å². The molecule has 1 aromatic rings. The topological polar surface area (TPSA) is 15.3 Å². The molecular formula is C19H30N2. The summed E-state index contributed by atoms with van der Waals surface area (Å²) in [6.45, 7) is 5.90. The number of nitrogens with zero attached hydrogens (tertiary/aromatic N) is 1. The Hall–Kier alpha value is -0.860. The van der Waals surface area contributed by atoms with E-state index in [1.165, 1.54) is 64.6 Å². The zero-order chi connectivity index (χ0) is 14.5. The van der Waals surface area contributed by atoms with Crippen LogP contribution in [0.5, 0.6) is 0 Å². The Morgan fingerprint density at radius 2 is 1.86 bits per heavy atom. The normalized spacial score (nSPS) is 27.1. The van der Waals surface area contributed by atoms with Gasteiger partial charge < -0.3 is 5.32 Å². The molecule has 0 atom stereocenters. The van der Waals surface area contributed by atoms with Gasteiger partial charge in [0, 0.05) is 18.6 Å². The highest BCUT2D eigenvalue weighted by Crippen LogP contribution is 2.27. The Kier molecular flexibility index (Phi) is 5.32. The summed E-state index contributed by atoms with van der Waals surface area (Å²) in [5, 5.41) is 3.70. The molecule has 2 aliphatic rings. The van der Waals surface area contributed by atoms with E-state index in [-0.39, 0.29) is 0 Å². The van der Waals surface area contributed by atoms with E-state index in [1.54, 1.807) is 11.1 Å². The fourth-order valence-corrected chi connectivity index (χ4v) is 4.03. The summed E-state index contributed by atoms with van der Waals surface area (Å²) < 4.78 is 0. The third kappa shape index (κ3) is 3.87. The maximum absolute atomic E-state index is 3.70. The lowest BCUT2D eigenvalue weighted by Gasteiger charge is -2.36. The lowest BCUT2D eigenvalue weighted by molar-refractivity contribution is 0.138.